The van der Waals surface area contributed by atoms with Crippen LogP contribution < -0.4 is 4.72 Å². The van der Waals surface area contributed by atoms with Crippen LogP contribution in [0.25, 0.3) is 0 Å². The Hall–Kier alpha value is -1.11. The number of hydrogen-bond donors (Lipinski definition) is 1. The molecule has 1 N–H and O–H groups in total. The molecule has 0 aliphatic carbocycles. The van der Waals surface area contributed by atoms with Gasteiger partial charge in [0, 0.05) is 10.7 Å². The molecular weight excluding hydrogens is 352 g/mol. The van der Waals surface area contributed by atoms with Gasteiger partial charge in [-0.2, -0.15) is 0 Å². The quantitative estimate of drug-likeness (QED) is 0.850. The summed E-state index contributed by atoms with van der Waals surface area (Å²) in [5.41, 5.74) is 1.43. The van der Waals surface area contributed by atoms with Crippen LogP contribution in [0.2, 0.25) is 5.15 Å². The minimum Gasteiger partial charge on any atom is -0.280 e. The summed E-state index contributed by atoms with van der Waals surface area (Å²) in [6.45, 7) is 1.88. The summed E-state index contributed by atoms with van der Waals surface area (Å²) < 4.78 is 27.6. The molecule has 0 saturated carbocycles. The lowest BCUT2D eigenvalue weighted by molar-refractivity contribution is 0.601. The van der Waals surface area contributed by atoms with Crippen molar-refractivity contribution in [3.8, 4) is 0 Å². The van der Waals surface area contributed by atoms with Gasteiger partial charge in [0.1, 0.15) is 10.0 Å². The molecule has 1 heterocycles. The second-order valence-electron chi connectivity index (χ2n) is 3.94. The van der Waals surface area contributed by atoms with Gasteiger partial charge >= 0.3 is 0 Å². The molecular formula is C12H10BrClN2O2S. The molecule has 0 atom stereocenters. The molecule has 2 rings (SSSR count). The Morgan fingerprint density at radius 3 is 2.58 bits per heavy atom. The lowest BCUT2D eigenvalue weighted by Gasteiger charge is -2.09. The number of benzene rings is 1. The van der Waals surface area contributed by atoms with Crippen molar-refractivity contribution in [1.29, 1.82) is 0 Å². The molecule has 19 heavy (non-hydrogen) atoms. The Morgan fingerprint density at radius 1 is 1.26 bits per heavy atom. The third-order valence-corrected chi connectivity index (χ3v) is 4.35. The van der Waals surface area contributed by atoms with Crippen LogP contribution in [0.5, 0.6) is 0 Å². The first-order valence-corrected chi connectivity index (χ1v) is 7.94. The summed E-state index contributed by atoms with van der Waals surface area (Å²) in [6.07, 6.45) is 1.22. The first-order chi connectivity index (χ1) is 8.87. The van der Waals surface area contributed by atoms with E-state index in [4.69, 9.17) is 11.6 Å². The summed E-state index contributed by atoms with van der Waals surface area (Å²) in [5, 5.41) is 0.247. The van der Waals surface area contributed by atoms with Gasteiger partial charge in [-0.1, -0.05) is 27.5 Å². The third-order valence-electron chi connectivity index (χ3n) is 2.30. The van der Waals surface area contributed by atoms with Gasteiger partial charge in [0.15, 0.2) is 0 Å². The van der Waals surface area contributed by atoms with Crippen molar-refractivity contribution >= 4 is 43.2 Å². The van der Waals surface area contributed by atoms with Gasteiger partial charge in [0.25, 0.3) is 10.0 Å². The Labute approximate surface area is 125 Å². The third kappa shape index (κ3) is 3.68. The van der Waals surface area contributed by atoms with Crippen LogP contribution in [0.3, 0.4) is 0 Å². The number of nitrogens with zero attached hydrogens (tertiary/aromatic N) is 1. The van der Waals surface area contributed by atoms with Crippen molar-refractivity contribution in [2.45, 2.75) is 11.8 Å². The Balaban J connectivity index is 2.33. The number of rotatable bonds is 3. The predicted octanol–water partition coefficient (Wildman–Crippen LogP) is 3.61. The number of pyridine rings is 1. The van der Waals surface area contributed by atoms with Crippen molar-refractivity contribution < 1.29 is 8.42 Å². The number of anilines is 1. The van der Waals surface area contributed by atoms with Crippen LogP contribution in [0, 0.1) is 6.92 Å². The van der Waals surface area contributed by atoms with Gasteiger partial charge in [-0.25, -0.2) is 13.4 Å². The lowest BCUT2D eigenvalue weighted by Crippen LogP contribution is -2.13. The Kier molecular flexibility index (Phi) is 4.13. The molecule has 7 heteroatoms. The molecule has 1 aromatic heterocycles. The fraction of sp³-hybridized carbons (Fsp3) is 0.0833. The van der Waals surface area contributed by atoms with E-state index in [-0.39, 0.29) is 10.0 Å². The van der Waals surface area contributed by atoms with Crippen LogP contribution in [0.15, 0.2) is 45.9 Å². The monoisotopic (exact) mass is 360 g/mol. The van der Waals surface area contributed by atoms with Crippen molar-refractivity contribution in [2.75, 3.05) is 4.72 Å². The zero-order valence-electron chi connectivity index (χ0n) is 9.89. The minimum absolute atomic E-state index is 0.0644. The number of sulfonamides is 1. The SMILES string of the molecule is Cc1cc(Br)cc(NS(=O)(=O)c2ccc(Cl)nc2)c1. The number of halogens is 2. The topological polar surface area (TPSA) is 59.1 Å². The standard InChI is InChI=1S/C12H10BrClN2O2S/c1-8-4-9(13)6-10(5-8)16-19(17,18)11-2-3-12(14)15-7-11/h2-7,16H,1H3. The van der Waals surface area contributed by atoms with E-state index in [1.54, 1.807) is 12.1 Å². The van der Waals surface area contributed by atoms with E-state index in [1.165, 1.54) is 18.3 Å². The predicted molar refractivity (Wildman–Crippen MR) is 78.9 cm³/mol. The van der Waals surface area contributed by atoms with Crippen molar-refractivity contribution in [1.82, 2.24) is 4.98 Å². The number of hydrogen-bond acceptors (Lipinski definition) is 3. The fourth-order valence-corrected chi connectivity index (χ4v) is 3.23. The highest BCUT2D eigenvalue weighted by Gasteiger charge is 2.14. The molecule has 0 amide bonds. The highest BCUT2D eigenvalue weighted by molar-refractivity contribution is 9.10. The lowest BCUT2D eigenvalue weighted by atomic mass is 10.2. The van der Waals surface area contributed by atoms with Crippen molar-refractivity contribution in [3.63, 3.8) is 0 Å². The molecule has 0 unspecified atom stereocenters. The maximum Gasteiger partial charge on any atom is 0.263 e. The van der Waals surface area contributed by atoms with Crippen molar-refractivity contribution in [2.24, 2.45) is 0 Å². The summed E-state index contributed by atoms with van der Waals surface area (Å²) in [5.74, 6) is 0. The molecule has 2 aromatic rings. The average molecular weight is 362 g/mol. The zero-order valence-corrected chi connectivity index (χ0v) is 13.1. The van der Waals surface area contributed by atoms with Crippen LogP contribution >= 0.6 is 27.5 Å². The Morgan fingerprint density at radius 2 is 2.00 bits per heavy atom. The van der Waals surface area contributed by atoms with Gasteiger partial charge in [-0.05, 0) is 42.8 Å². The first-order valence-electron chi connectivity index (χ1n) is 5.28. The first kappa shape index (κ1) is 14.3. The van der Waals surface area contributed by atoms with Gasteiger partial charge in [0.05, 0.1) is 5.69 Å². The number of nitrogens with one attached hydrogen (secondary N) is 1. The number of aryl methyl sites for hydroxylation is 1. The zero-order chi connectivity index (χ0) is 14.0. The summed E-state index contributed by atoms with van der Waals surface area (Å²) in [7, 11) is -3.66. The molecule has 1 aromatic carbocycles. The highest BCUT2D eigenvalue weighted by atomic mass is 79.9. The van der Waals surface area contributed by atoms with E-state index >= 15 is 0 Å². The van der Waals surface area contributed by atoms with Gasteiger partial charge < -0.3 is 0 Å². The van der Waals surface area contributed by atoms with Crippen molar-refractivity contribution in [3.05, 3.63) is 51.7 Å². The summed E-state index contributed by atoms with van der Waals surface area (Å²) >= 11 is 8.95. The largest absolute Gasteiger partial charge is 0.280 e. The average Bonchev–Trinajstić information content (AvgIpc) is 2.27. The van der Waals surface area contributed by atoms with Crippen LogP contribution in [-0.2, 0) is 10.0 Å². The molecule has 0 radical (unpaired) electrons. The maximum atomic E-state index is 12.1. The fourth-order valence-electron chi connectivity index (χ4n) is 1.53. The van der Waals surface area contributed by atoms with E-state index in [2.05, 4.69) is 25.6 Å². The number of aromatic nitrogens is 1. The molecule has 100 valence electrons. The van der Waals surface area contributed by atoms with Crippen LogP contribution in [0.4, 0.5) is 5.69 Å². The molecule has 4 nitrogen and oxygen atoms in total. The van der Waals surface area contributed by atoms with Gasteiger partial charge in [0.2, 0.25) is 0 Å². The smallest absolute Gasteiger partial charge is 0.263 e. The van der Waals surface area contributed by atoms with Crippen LogP contribution in [0.1, 0.15) is 5.56 Å². The molecule has 0 saturated heterocycles. The second-order valence-corrected chi connectivity index (χ2v) is 6.92. The van der Waals surface area contributed by atoms with Gasteiger partial charge in [-0.15, -0.1) is 0 Å². The van der Waals surface area contributed by atoms with Gasteiger partial charge in [-0.3, -0.25) is 4.72 Å². The normalized spacial score (nSPS) is 11.3. The van der Waals surface area contributed by atoms with E-state index < -0.39 is 10.0 Å². The van der Waals surface area contributed by atoms with Crippen LogP contribution in [-0.4, -0.2) is 13.4 Å². The summed E-state index contributed by atoms with van der Waals surface area (Å²) in [4.78, 5) is 3.82. The molecule has 0 fully saturated rings. The molecule has 0 aliphatic heterocycles. The minimum atomic E-state index is -3.66. The summed E-state index contributed by atoms with van der Waals surface area (Å²) in [6, 6.07) is 8.16. The highest BCUT2D eigenvalue weighted by Crippen LogP contribution is 2.22. The Bertz CT molecular complexity index is 682. The second kappa shape index (κ2) is 5.48. The molecule has 0 aliphatic rings. The van der Waals surface area contributed by atoms with E-state index in [0.717, 1.165) is 10.0 Å². The van der Waals surface area contributed by atoms with E-state index in [1.807, 2.05) is 13.0 Å². The van der Waals surface area contributed by atoms with E-state index in [9.17, 15) is 8.42 Å². The maximum absolute atomic E-state index is 12.1. The molecule has 0 bridgehead atoms. The molecule has 0 spiro atoms. The van der Waals surface area contributed by atoms with E-state index in [0.29, 0.717) is 5.69 Å².